The van der Waals surface area contributed by atoms with Gasteiger partial charge in [0.2, 0.25) is 11.0 Å². The summed E-state index contributed by atoms with van der Waals surface area (Å²) in [6, 6.07) is 11.3. The molecule has 1 amide bonds. The molecule has 3 aromatic rings. The van der Waals surface area contributed by atoms with Crippen LogP contribution in [0.1, 0.15) is 34.3 Å². The summed E-state index contributed by atoms with van der Waals surface area (Å²) >= 11 is 1.25. The van der Waals surface area contributed by atoms with Crippen LogP contribution in [-0.4, -0.2) is 26.9 Å². The number of aromatic nitrogens is 3. The lowest BCUT2D eigenvalue weighted by atomic mass is 9.99. The minimum atomic E-state index is -0.257. The number of carbonyl (C=O) groups is 2. The van der Waals surface area contributed by atoms with Crippen molar-refractivity contribution in [3.63, 3.8) is 0 Å². The van der Waals surface area contributed by atoms with Crippen LogP contribution in [0.3, 0.4) is 0 Å². The summed E-state index contributed by atoms with van der Waals surface area (Å²) < 4.78 is 0. The third-order valence-electron chi connectivity index (χ3n) is 3.83. The molecule has 7 heteroatoms. The number of amides is 1. The average molecular weight is 366 g/mol. The zero-order valence-corrected chi connectivity index (χ0v) is 15.3. The highest BCUT2D eigenvalue weighted by atomic mass is 32.1. The van der Waals surface area contributed by atoms with E-state index in [9.17, 15) is 9.59 Å². The van der Waals surface area contributed by atoms with Gasteiger partial charge in [-0.2, -0.15) is 0 Å². The summed E-state index contributed by atoms with van der Waals surface area (Å²) in [6.45, 7) is 3.84. The van der Waals surface area contributed by atoms with Crippen LogP contribution in [0.5, 0.6) is 0 Å². The van der Waals surface area contributed by atoms with Crippen molar-refractivity contribution >= 4 is 28.2 Å². The van der Waals surface area contributed by atoms with E-state index < -0.39 is 0 Å². The molecule has 0 fully saturated rings. The predicted molar refractivity (Wildman–Crippen MR) is 101 cm³/mol. The highest BCUT2D eigenvalue weighted by molar-refractivity contribution is 7.18. The Hall–Kier alpha value is -2.93. The first-order chi connectivity index (χ1) is 12.5. The van der Waals surface area contributed by atoms with Crippen molar-refractivity contribution in [1.82, 2.24) is 15.2 Å². The molecule has 6 nitrogen and oxygen atoms in total. The number of Topliss-reactive ketones (excluding diaryl/α,β-unsaturated/α-hetero) is 1. The van der Waals surface area contributed by atoms with Gasteiger partial charge in [0.05, 0.1) is 0 Å². The molecule has 0 atom stereocenters. The number of carbonyl (C=O) groups excluding carboxylic acids is 2. The van der Waals surface area contributed by atoms with Crippen molar-refractivity contribution in [3.8, 4) is 10.7 Å². The van der Waals surface area contributed by atoms with E-state index >= 15 is 0 Å². The quantitative estimate of drug-likeness (QED) is 0.670. The molecular formula is C19H18N4O2S. The number of ketones is 1. The molecule has 1 N–H and O–H groups in total. The van der Waals surface area contributed by atoms with Crippen LogP contribution < -0.4 is 5.32 Å². The number of hydrogen-bond acceptors (Lipinski definition) is 6. The summed E-state index contributed by atoms with van der Waals surface area (Å²) in [7, 11) is 0. The van der Waals surface area contributed by atoms with Gasteiger partial charge < -0.3 is 5.32 Å². The smallest absolute Gasteiger partial charge is 0.226 e. The first kappa shape index (κ1) is 17.9. The van der Waals surface area contributed by atoms with Crippen molar-refractivity contribution in [3.05, 3.63) is 59.3 Å². The molecule has 132 valence electrons. The van der Waals surface area contributed by atoms with Gasteiger partial charge in [-0.25, -0.2) is 0 Å². The summed E-state index contributed by atoms with van der Waals surface area (Å²) in [5, 5.41) is 11.7. The molecule has 0 aliphatic rings. The SMILES string of the molecule is Cc1ccc(C)c(C(=O)CCC(=O)Nc2nnc(-c3ccccn3)s2)c1. The number of anilines is 1. The molecule has 0 radical (unpaired) electrons. The van der Waals surface area contributed by atoms with Crippen molar-refractivity contribution in [2.75, 3.05) is 5.32 Å². The minimum absolute atomic E-state index is 0.0345. The van der Waals surface area contributed by atoms with Gasteiger partial charge in [-0.3, -0.25) is 14.6 Å². The van der Waals surface area contributed by atoms with Crippen LogP contribution in [0, 0.1) is 13.8 Å². The standard InChI is InChI=1S/C19H18N4O2S/c1-12-6-7-13(2)14(11-12)16(24)8-9-17(25)21-19-23-22-18(26-19)15-5-3-4-10-20-15/h3-7,10-11H,8-9H2,1-2H3,(H,21,23,25). The summed E-state index contributed by atoms with van der Waals surface area (Å²) in [4.78, 5) is 28.7. The zero-order valence-electron chi connectivity index (χ0n) is 14.5. The van der Waals surface area contributed by atoms with E-state index in [4.69, 9.17) is 0 Å². The highest BCUT2D eigenvalue weighted by Gasteiger charge is 2.14. The van der Waals surface area contributed by atoms with Gasteiger partial charge in [0.15, 0.2) is 10.8 Å². The number of nitrogens with zero attached hydrogens (tertiary/aromatic N) is 3. The van der Waals surface area contributed by atoms with Crippen LogP contribution in [-0.2, 0) is 4.79 Å². The second-order valence-corrected chi connectivity index (χ2v) is 6.89. The van der Waals surface area contributed by atoms with Gasteiger partial charge in [0.1, 0.15) is 5.69 Å². The Kier molecular flexibility index (Phi) is 5.48. The second-order valence-electron chi connectivity index (χ2n) is 5.92. The van der Waals surface area contributed by atoms with E-state index in [-0.39, 0.29) is 24.5 Å². The van der Waals surface area contributed by atoms with Gasteiger partial charge in [-0.15, -0.1) is 10.2 Å². The van der Waals surface area contributed by atoms with E-state index in [2.05, 4.69) is 20.5 Å². The lowest BCUT2D eigenvalue weighted by molar-refractivity contribution is -0.116. The summed E-state index contributed by atoms with van der Waals surface area (Å²) in [5.41, 5.74) is 3.33. The Morgan fingerprint density at radius 3 is 2.69 bits per heavy atom. The van der Waals surface area contributed by atoms with Crippen LogP contribution in [0.4, 0.5) is 5.13 Å². The van der Waals surface area contributed by atoms with Crippen LogP contribution in [0.2, 0.25) is 0 Å². The Balaban J connectivity index is 1.57. The second kappa shape index (κ2) is 7.97. The van der Waals surface area contributed by atoms with Gasteiger partial charge in [-0.1, -0.05) is 35.1 Å². The molecule has 0 aliphatic carbocycles. The Labute approximate surface area is 155 Å². The third kappa shape index (κ3) is 4.37. The van der Waals surface area contributed by atoms with Crippen molar-refractivity contribution < 1.29 is 9.59 Å². The molecular weight excluding hydrogens is 348 g/mol. The predicted octanol–water partition coefficient (Wildman–Crippen LogP) is 3.82. The van der Waals surface area contributed by atoms with E-state index in [1.165, 1.54) is 11.3 Å². The molecule has 26 heavy (non-hydrogen) atoms. The molecule has 2 heterocycles. The normalized spacial score (nSPS) is 10.5. The van der Waals surface area contributed by atoms with Gasteiger partial charge in [0.25, 0.3) is 0 Å². The molecule has 0 unspecified atom stereocenters. The maximum absolute atomic E-state index is 12.4. The lowest BCUT2D eigenvalue weighted by Gasteiger charge is -2.06. The van der Waals surface area contributed by atoms with E-state index in [1.807, 2.05) is 50.2 Å². The van der Waals surface area contributed by atoms with Crippen molar-refractivity contribution in [2.24, 2.45) is 0 Å². The molecule has 3 rings (SSSR count). The maximum Gasteiger partial charge on any atom is 0.226 e. The van der Waals surface area contributed by atoms with E-state index in [0.717, 1.165) is 11.1 Å². The fourth-order valence-electron chi connectivity index (χ4n) is 2.45. The van der Waals surface area contributed by atoms with Crippen molar-refractivity contribution in [2.45, 2.75) is 26.7 Å². The fourth-order valence-corrected chi connectivity index (χ4v) is 3.18. The van der Waals surface area contributed by atoms with Crippen LogP contribution in [0.25, 0.3) is 10.7 Å². The Morgan fingerprint density at radius 2 is 1.92 bits per heavy atom. The van der Waals surface area contributed by atoms with Gasteiger partial charge >= 0.3 is 0 Å². The molecule has 0 spiro atoms. The molecule has 0 saturated carbocycles. The average Bonchev–Trinajstić information content (AvgIpc) is 3.11. The molecule has 2 aromatic heterocycles. The number of rotatable bonds is 6. The molecule has 0 bridgehead atoms. The number of benzene rings is 1. The first-order valence-electron chi connectivity index (χ1n) is 8.18. The van der Waals surface area contributed by atoms with E-state index in [1.54, 1.807) is 6.20 Å². The highest BCUT2D eigenvalue weighted by Crippen LogP contribution is 2.24. The maximum atomic E-state index is 12.4. The Bertz CT molecular complexity index is 938. The first-order valence-corrected chi connectivity index (χ1v) is 9.00. The van der Waals surface area contributed by atoms with E-state index in [0.29, 0.717) is 21.4 Å². The third-order valence-corrected chi connectivity index (χ3v) is 4.69. The molecule has 0 saturated heterocycles. The number of nitrogens with one attached hydrogen (secondary N) is 1. The van der Waals surface area contributed by atoms with Gasteiger partial charge in [0, 0.05) is 24.6 Å². The number of aryl methyl sites for hydroxylation is 2. The van der Waals surface area contributed by atoms with Crippen LogP contribution >= 0.6 is 11.3 Å². The summed E-state index contributed by atoms with van der Waals surface area (Å²) in [5.74, 6) is -0.292. The fraction of sp³-hybridized carbons (Fsp3) is 0.211. The van der Waals surface area contributed by atoms with Crippen LogP contribution in [0.15, 0.2) is 42.6 Å². The van der Waals surface area contributed by atoms with Crippen molar-refractivity contribution in [1.29, 1.82) is 0 Å². The summed E-state index contributed by atoms with van der Waals surface area (Å²) in [6.07, 6.45) is 1.93. The Morgan fingerprint density at radius 1 is 1.08 bits per heavy atom. The monoisotopic (exact) mass is 366 g/mol. The zero-order chi connectivity index (χ0) is 18.5. The minimum Gasteiger partial charge on any atom is -0.301 e. The topological polar surface area (TPSA) is 84.8 Å². The largest absolute Gasteiger partial charge is 0.301 e. The number of hydrogen-bond donors (Lipinski definition) is 1. The molecule has 0 aliphatic heterocycles. The number of pyridine rings is 1. The molecule has 1 aromatic carbocycles. The van der Waals surface area contributed by atoms with Gasteiger partial charge in [-0.05, 0) is 37.6 Å². The lowest BCUT2D eigenvalue weighted by Crippen LogP contribution is -2.13.